The van der Waals surface area contributed by atoms with Gasteiger partial charge >= 0.3 is 0 Å². The third-order valence-corrected chi connectivity index (χ3v) is 3.10. The summed E-state index contributed by atoms with van der Waals surface area (Å²) in [5.41, 5.74) is 2.03. The summed E-state index contributed by atoms with van der Waals surface area (Å²) in [6.45, 7) is 4.19. The quantitative estimate of drug-likeness (QED) is 0.887. The van der Waals surface area contributed by atoms with Crippen LogP contribution in [0.2, 0.25) is 0 Å². The van der Waals surface area contributed by atoms with E-state index in [1.165, 1.54) is 6.07 Å². The minimum atomic E-state index is -0.178. The molecule has 0 amide bonds. The number of pyridine rings is 1. The van der Waals surface area contributed by atoms with E-state index in [1.54, 1.807) is 18.3 Å². The van der Waals surface area contributed by atoms with Gasteiger partial charge < -0.3 is 5.32 Å². The molecule has 1 aromatic heterocycles. The van der Waals surface area contributed by atoms with Crippen molar-refractivity contribution < 1.29 is 4.39 Å². The Hall–Kier alpha value is -1.74. The molecule has 0 spiro atoms. The topological polar surface area (TPSA) is 24.9 Å². The predicted molar refractivity (Wildman–Crippen MR) is 75.4 cm³/mol. The Labute approximate surface area is 113 Å². The fraction of sp³-hybridized carbons (Fsp3) is 0.312. The molecule has 0 aliphatic rings. The number of hydrogen-bond acceptors (Lipinski definition) is 2. The summed E-state index contributed by atoms with van der Waals surface area (Å²) < 4.78 is 13.1. The van der Waals surface area contributed by atoms with Gasteiger partial charge in [-0.3, -0.25) is 4.98 Å². The van der Waals surface area contributed by atoms with Gasteiger partial charge in [-0.25, -0.2) is 4.39 Å². The van der Waals surface area contributed by atoms with Crippen molar-refractivity contribution in [1.29, 1.82) is 0 Å². The number of halogens is 1. The van der Waals surface area contributed by atoms with E-state index in [2.05, 4.69) is 24.1 Å². The first-order chi connectivity index (χ1) is 9.15. The van der Waals surface area contributed by atoms with Gasteiger partial charge in [0.1, 0.15) is 5.82 Å². The summed E-state index contributed by atoms with van der Waals surface area (Å²) in [5.74, 6) is -0.178. The lowest BCUT2D eigenvalue weighted by Gasteiger charge is -2.19. The number of nitrogens with zero attached hydrogens (tertiary/aromatic N) is 1. The molecule has 0 saturated heterocycles. The van der Waals surface area contributed by atoms with Crippen LogP contribution in [0.15, 0.2) is 48.7 Å². The molecule has 1 heterocycles. The van der Waals surface area contributed by atoms with Crippen LogP contribution in [0.5, 0.6) is 0 Å². The highest BCUT2D eigenvalue weighted by Gasteiger charge is 2.10. The zero-order chi connectivity index (χ0) is 13.7. The first-order valence-electron chi connectivity index (χ1n) is 6.56. The molecule has 0 aliphatic heterocycles. The van der Waals surface area contributed by atoms with Crippen molar-refractivity contribution in [2.45, 2.75) is 32.4 Å². The summed E-state index contributed by atoms with van der Waals surface area (Å²) in [4.78, 5) is 4.33. The number of aromatic nitrogens is 1. The Morgan fingerprint density at radius 3 is 2.68 bits per heavy atom. The molecule has 100 valence electrons. The second-order valence-corrected chi connectivity index (χ2v) is 4.88. The van der Waals surface area contributed by atoms with Crippen LogP contribution in [0.25, 0.3) is 0 Å². The summed E-state index contributed by atoms with van der Waals surface area (Å²) in [6, 6.07) is 13.1. The molecule has 19 heavy (non-hydrogen) atoms. The van der Waals surface area contributed by atoms with Gasteiger partial charge in [-0.2, -0.15) is 0 Å². The standard InChI is InChI=1S/C16H19FN2/c1-12(10-14-6-5-7-15(17)11-14)19-13(2)16-8-3-4-9-18-16/h3-9,11-13,19H,10H2,1-2H3/t12?,13-/m0/s1. The van der Waals surface area contributed by atoms with Crippen molar-refractivity contribution in [2.75, 3.05) is 0 Å². The van der Waals surface area contributed by atoms with E-state index in [4.69, 9.17) is 0 Å². The van der Waals surface area contributed by atoms with Crippen LogP contribution in [0, 0.1) is 5.82 Å². The van der Waals surface area contributed by atoms with Gasteiger partial charge in [0.25, 0.3) is 0 Å². The number of nitrogens with one attached hydrogen (secondary N) is 1. The Kier molecular flexibility index (Phi) is 4.63. The minimum absolute atomic E-state index is 0.178. The third-order valence-electron chi connectivity index (χ3n) is 3.10. The van der Waals surface area contributed by atoms with Crippen LogP contribution < -0.4 is 5.32 Å². The molecule has 0 aliphatic carbocycles. The van der Waals surface area contributed by atoms with Gasteiger partial charge in [-0.1, -0.05) is 18.2 Å². The number of rotatable bonds is 5. The zero-order valence-electron chi connectivity index (χ0n) is 11.3. The average Bonchev–Trinajstić information content (AvgIpc) is 2.39. The molecule has 2 aromatic rings. The Bertz CT molecular complexity index is 513. The van der Waals surface area contributed by atoms with Crippen LogP contribution in [0.1, 0.15) is 31.1 Å². The summed E-state index contributed by atoms with van der Waals surface area (Å²) in [5, 5.41) is 3.48. The molecule has 1 N–H and O–H groups in total. The van der Waals surface area contributed by atoms with Crippen molar-refractivity contribution in [1.82, 2.24) is 10.3 Å². The normalized spacial score (nSPS) is 14.1. The van der Waals surface area contributed by atoms with Crippen molar-refractivity contribution in [3.63, 3.8) is 0 Å². The first-order valence-corrected chi connectivity index (χ1v) is 6.56. The molecule has 0 fully saturated rings. The molecule has 0 saturated carbocycles. The molecule has 3 heteroatoms. The minimum Gasteiger partial charge on any atom is -0.306 e. The second kappa shape index (κ2) is 6.43. The van der Waals surface area contributed by atoms with E-state index in [1.807, 2.05) is 24.3 Å². The van der Waals surface area contributed by atoms with E-state index in [9.17, 15) is 4.39 Å². The first kappa shape index (κ1) is 13.7. The van der Waals surface area contributed by atoms with E-state index < -0.39 is 0 Å². The molecule has 2 atom stereocenters. The summed E-state index contributed by atoms with van der Waals surface area (Å²) >= 11 is 0. The van der Waals surface area contributed by atoms with Gasteiger partial charge in [0.15, 0.2) is 0 Å². The Morgan fingerprint density at radius 2 is 2.00 bits per heavy atom. The number of hydrogen-bond donors (Lipinski definition) is 1. The molecule has 0 radical (unpaired) electrons. The zero-order valence-corrected chi connectivity index (χ0v) is 11.3. The van der Waals surface area contributed by atoms with Gasteiger partial charge in [-0.05, 0) is 50.1 Å². The van der Waals surface area contributed by atoms with Gasteiger partial charge in [0, 0.05) is 18.3 Å². The van der Waals surface area contributed by atoms with Gasteiger partial charge in [-0.15, -0.1) is 0 Å². The maximum atomic E-state index is 13.1. The predicted octanol–water partition coefficient (Wildman–Crippen LogP) is 3.50. The fourth-order valence-corrected chi connectivity index (χ4v) is 2.22. The lowest BCUT2D eigenvalue weighted by atomic mass is 10.1. The monoisotopic (exact) mass is 258 g/mol. The van der Waals surface area contributed by atoms with E-state index in [0.29, 0.717) is 0 Å². The van der Waals surface area contributed by atoms with Crippen LogP contribution in [-0.2, 0) is 6.42 Å². The van der Waals surface area contributed by atoms with Crippen molar-refractivity contribution in [2.24, 2.45) is 0 Å². The highest BCUT2D eigenvalue weighted by atomic mass is 19.1. The van der Waals surface area contributed by atoms with Crippen LogP contribution in [0.4, 0.5) is 4.39 Å². The largest absolute Gasteiger partial charge is 0.306 e. The maximum Gasteiger partial charge on any atom is 0.123 e. The molecule has 2 rings (SSSR count). The van der Waals surface area contributed by atoms with E-state index >= 15 is 0 Å². The third kappa shape index (κ3) is 4.14. The highest BCUT2D eigenvalue weighted by Crippen LogP contribution is 2.12. The van der Waals surface area contributed by atoms with Crippen LogP contribution in [-0.4, -0.2) is 11.0 Å². The molecular formula is C16H19FN2. The maximum absolute atomic E-state index is 13.1. The Morgan fingerprint density at radius 1 is 1.16 bits per heavy atom. The van der Waals surface area contributed by atoms with Crippen LogP contribution in [0.3, 0.4) is 0 Å². The molecule has 1 unspecified atom stereocenters. The average molecular weight is 258 g/mol. The fourth-order valence-electron chi connectivity index (χ4n) is 2.22. The number of benzene rings is 1. The molecule has 2 nitrogen and oxygen atoms in total. The SMILES string of the molecule is CC(Cc1cccc(F)c1)N[C@@H](C)c1ccccn1. The summed E-state index contributed by atoms with van der Waals surface area (Å²) in [7, 11) is 0. The van der Waals surface area contributed by atoms with Crippen molar-refractivity contribution in [3.8, 4) is 0 Å². The highest BCUT2D eigenvalue weighted by molar-refractivity contribution is 5.17. The molecule has 1 aromatic carbocycles. The van der Waals surface area contributed by atoms with Gasteiger partial charge in [0.05, 0.1) is 5.69 Å². The van der Waals surface area contributed by atoms with Crippen molar-refractivity contribution >= 4 is 0 Å². The van der Waals surface area contributed by atoms with E-state index in [-0.39, 0.29) is 17.9 Å². The lowest BCUT2D eigenvalue weighted by molar-refractivity contribution is 0.469. The van der Waals surface area contributed by atoms with Crippen molar-refractivity contribution in [3.05, 3.63) is 65.7 Å². The second-order valence-electron chi connectivity index (χ2n) is 4.88. The molecule has 0 bridgehead atoms. The smallest absolute Gasteiger partial charge is 0.123 e. The molecular weight excluding hydrogens is 239 g/mol. The van der Waals surface area contributed by atoms with E-state index in [0.717, 1.165) is 17.7 Å². The van der Waals surface area contributed by atoms with Crippen LogP contribution >= 0.6 is 0 Å². The summed E-state index contributed by atoms with van der Waals surface area (Å²) in [6.07, 6.45) is 2.60. The van der Waals surface area contributed by atoms with Gasteiger partial charge in [0.2, 0.25) is 0 Å². The Balaban J connectivity index is 1.92. The lowest BCUT2D eigenvalue weighted by Crippen LogP contribution is -2.31.